The van der Waals surface area contributed by atoms with Crippen molar-refractivity contribution in [1.29, 1.82) is 0 Å². The van der Waals surface area contributed by atoms with Gasteiger partial charge in [0.1, 0.15) is 0 Å². The third-order valence-corrected chi connectivity index (χ3v) is 3.66. The van der Waals surface area contributed by atoms with Gasteiger partial charge in [0, 0.05) is 18.6 Å². The van der Waals surface area contributed by atoms with Crippen molar-refractivity contribution in [2.24, 2.45) is 5.92 Å². The SMILES string of the molecule is CC(CN(C)C)NC(C)C1CCN(C)CC1. The lowest BCUT2D eigenvalue weighted by Gasteiger charge is -2.34. The third-order valence-electron chi connectivity index (χ3n) is 3.66. The van der Waals surface area contributed by atoms with E-state index in [-0.39, 0.29) is 0 Å². The molecular weight excluding hydrogens is 198 g/mol. The number of likely N-dealkylation sites (N-methyl/N-ethyl adjacent to an activating group) is 1. The molecule has 96 valence electrons. The molecule has 1 aliphatic heterocycles. The maximum atomic E-state index is 3.74. The molecule has 0 amide bonds. The van der Waals surface area contributed by atoms with Crippen LogP contribution in [0, 0.1) is 5.92 Å². The van der Waals surface area contributed by atoms with Crippen LogP contribution in [0.15, 0.2) is 0 Å². The summed E-state index contributed by atoms with van der Waals surface area (Å²) >= 11 is 0. The summed E-state index contributed by atoms with van der Waals surface area (Å²) in [5.41, 5.74) is 0. The number of nitrogens with zero attached hydrogens (tertiary/aromatic N) is 2. The van der Waals surface area contributed by atoms with Gasteiger partial charge in [0.05, 0.1) is 0 Å². The van der Waals surface area contributed by atoms with Crippen LogP contribution in [-0.4, -0.2) is 62.7 Å². The summed E-state index contributed by atoms with van der Waals surface area (Å²) < 4.78 is 0. The minimum absolute atomic E-state index is 0.588. The van der Waals surface area contributed by atoms with E-state index in [4.69, 9.17) is 0 Å². The highest BCUT2D eigenvalue weighted by Gasteiger charge is 2.22. The molecule has 3 heteroatoms. The van der Waals surface area contributed by atoms with Gasteiger partial charge in [-0.05, 0) is 66.8 Å². The van der Waals surface area contributed by atoms with Crippen LogP contribution in [0.25, 0.3) is 0 Å². The highest BCUT2D eigenvalue weighted by Crippen LogP contribution is 2.19. The maximum Gasteiger partial charge on any atom is 0.0169 e. The van der Waals surface area contributed by atoms with Crippen molar-refractivity contribution in [3.05, 3.63) is 0 Å². The lowest BCUT2D eigenvalue weighted by molar-refractivity contribution is 0.181. The van der Waals surface area contributed by atoms with Gasteiger partial charge in [-0.2, -0.15) is 0 Å². The first kappa shape index (κ1) is 13.9. The van der Waals surface area contributed by atoms with E-state index < -0.39 is 0 Å². The Bertz CT molecular complexity index is 186. The first-order valence-corrected chi connectivity index (χ1v) is 6.58. The molecule has 2 atom stereocenters. The average molecular weight is 227 g/mol. The summed E-state index contributed by atoms with van der Waals surface area (Å²) in [6, 6.07) is 1.24. The molecule has 0 aliphatic carbocycles. The van der Waals surface area contributed by atoms with Gasteiger partial charge in [-0.3, -0.25) is 0 Å². The van der Waals surface area contributed by atoms with Crippen molar-refractivity contribution in [2.45, 2.75) is 38.8 Å². The molecule has 1 N–H and O–H groups in total. The molecule has 1 aliphatic rings. The molecule has 0 spiro atoms. The molecule has 0 bridgehead atoms. The van der Waals surface area contributed by atoms with E-state index in [0.29, 0.717) is 12.1 Å². The molecule has 3 nitrogen and oxygen atoms in total. The predicted molar refractivity (Wildman–Crippen MR) is 70.8 cm³/mol. The number of hydrogen-bond acceptors (Lipinski definition) is 3. The van der Waals surface area contributed by atoms with Crippen LogP contribution in [0.1, 0.15) is 26.7 Å². The number of likely N-dealkylation sites (tertiary alicyclic amines) is 1. The smallest absolute Gasteiger partial charge is 0.0169 e. The van der Waals surface area contributed by atoms with Gasteiger partial charge in [-0.15, -0.1) is 0 Å². The molecule has 2 unspecified atom stereocenters. The van der Waals surface area contributed by atoms with Crippen molar-refractivity contribution in [3.63, 3.8) is 0 Å². The summed E-state index contributed by atoms with van der Waals surface area (Å²) in [5, 5.41) is 3.74. The van der Waals surface area contributed by atoms with Crippen molar-refractivity contribution >= 4 is 0 Å². The zero-order valence-corrected chi connectivity index (χ0v) is 11.7. The van der Waals surface area contributed by atoms with Crippen molar-refractivity contribution < 1.29 is 0 Å². The van der Waals surface area contributed by atoms with Crippen LogP contribution in [0.4, 0.5) is 0 Å². The molecule has 0 saturated carbocycles. The van der Waals surface area contributed by atoms with Gasteiger partial charge in [0.2, 0.25) is 0 Å². The summed E-state index contributed by atoms with van der Waals surface area (Å²) in [7, 11) is 6.50. The average Bonchev–Trinajstić information content (AvgIpc) is 2.16. The third kappa shape index (κ3) is 4.81. The van der Waals surface area contributed by atoms with Crippen LogP contribution >= 0.6 is 0 Å². The molecule has 16 heavy (non-hydrogen) atoms. The second-order valence-corrected chi connectivity index (χ2v) is 5.76. The Kier molecular flexibility index (Phi) is 5.73. The fourth-order valence-corrected chi connectivity index (χ4v) is 2.71. The molecule has 1 rings (SSSR count). The van der Waals surface area contributed by atoms with Gasteiger partial charge in [-0.25, -0.2) is 0 Å². The zero-order chi connectivity index (χ0) is 12.1. The normalized spacial score (nSPS) is 23.6. The maximum absolute atomic E-state index is 3.74. The standard InChI is InChI=1S/C13H29N3/c1-11(10-15(3)4)14-12(2)13-6-8-16(5)9-7-13/h11-14H,6-10H2,1-5H3. The fourth-order valence-electron chi connectivity index (χ4n) is 2.71. The Labute approximate surface area is 101 Å². The number of piperidine rings is 1. The van der Waals surface area contributed by atoms with E-state index in [1.165, 1.54) is 25.9 Å². The largest absolute Gasteiger partial charge is 0.310 e. The second kappa shape index (κ2) is 6.58. The van der Waals surface area contributed by atoms with Gasteiger partial charge in [0.25, 0.3) is 0 Å². The Morgan fingerprint density at radius 3 is 2.31 bits per heavy atom. The monoisotopic (exact) mass is 227 g/mol. The van der Waals surface area contributed by atoms with E-state index >= 15 is 0 Å². The first-order chi connectivity index (χ1) is 7.49. The Balaban J connectivity index is 2.26. The zero-order valence-electron chi connectivity index (χ0n) is 11.7. The van der Waals surface area contributed by atoms with Gasteiger partial charge in [0.15, 0.2) is 0 Å². The lowest BCUT2D eigenvalue weighted by Crippen LogP contribution is -2.46. The van der Waals surface area contributed by atoms with E-state index in [9.17, 15) is 0 Å². The van der Waals surface area contributed by atoms with E-state index in [0.717, 1.165) is 12.5 Å². The Morgan fingerprint density at radius 1 is 1.25 bits per heavy atom. The number of rotatable bonds is 5. The van der Waals surface area contributed by atoms with Crippen LogP contribution < -0.4 is 5.32 Å². The number of hydrogen-bond donors (Lipinski definition) is 1. The van der Waals surface area contributed by atoms with Gasteiger partial charge < -0.3 is 15.1 Å². The molecule has 1 fully saturated rings. The first-order valence-electron chi connectivity index (χ1n) is 6.58. The molecule has 1 saturated heterocycles. The molecule has 0 radical (unpaired) electrons. The van der Waals surface area contributed by atoms with Crippen molar-refractivity contribution in [3.8, 4) is 0 Å². The fraction of sp³-hybridized carbons (Fsp3) is 1.00. The topological polar surface area (TPSA) is 18.5 Å². The highest BCUT2D eigenvalue weighted by molar-refractivity contribution is 4.80. The Morgan fingerprint density at radius 2 is 1.81 bits per heavy atom. The second-order valence-electron chi connectivity index (χ2n) is 5.76. The molecule has 0 aromatic rings. The van der Waals surface area contributed by atoms with Crippen LogP contribution in [-0.2, 0) is 0 Å². The Hall–Kier alpha value is -0.120. The minimum Gasteiger partial charge on any atom is -0.310 e. The van der Waals surface area contributed by atoms with Crippen molar-refractivity contribution in [1.82, 2.24) is 15.1 Å². The number of nitrogens with one attached hydrogen (secondary N) is 1. The van der Waals surface area contributed by atoms with E-state index in [2.05, 4.69) is 50.1 Å². The lowest BCUT2D eigenvalue weighted by atomic mass is 9.90. The summed E-state index contributed by atoms with van der Waals surface area (Å²) in [4.78, 5) is 4.69. The van der Waals surface area contributed by atoms with Crippen LogP contribution in [0.3, 0.4) is 0 Å². The molecule has 0 aromatic heterocycles. The van der Waals surface area contributed by atoms with Crippen LogP contribution in [0.2, 0.25) is 0 Å². The van der Waals surface area contributed by atoms with Gasteiger partial charge >= 0.3 is 0 Å². The summed E-state index contributed by atoms with van der Waals surface area (Å²) in [6.07, 6.45) is 2.69. The molecule has 0 aromatic carbocycles. The summed E-state index contributed by atoms with van der Waals surface area (Å²) in [5.74, 6) is 0.862. The molecular formula is C13H29N3. The molecule has 1 heterocycles. The summed E-state index contributed by atoms with van der Waals surface area (Å²) in [6.45, 7) is 8.28. The predicted octanol–water partition coefficient (Wildman–Crippen LogP) is 1.26. The minimum atomic E-state index is 0.588. The highest BCUT2D eigenvalue weighted by atomic mass is 15.1. The van der Waals surface area contributed by atoms with Crippen molar-refractivity contribution in [2.75, 3.05) is 40.8 Å². The van der Waals surface area contributed by atoms with Gasteiger partial charge in [-0.1, -0.05) is 0 Å². The van der Waals surface area contributed by atoms with E-state index in [1.54, 1.807) is 0 Å². The van der Waals surface area contributed by atoms with Crippen LogP contribution in [0.5, 0.6) is 0 Å². The quantitative estimate of drug-likeness (QED) is 0.763. The van der Waals surface area contributed by atoms with E-state index in [1.807, 2.05) is 0 Å².